The Morgan fingerprint density at radius 1 is 1.54 bits per heavy atom. The van der Waals surface area contributed by atoms with Gasteiger partial charge >= 0.3 is 0 Å². The second kappa shape index (κ2) is 6.65. The maximum absolute atomic E-state index is 15.0. The molecule has 1 saturated heterocycles. The fourth-order valence-electron chi connectivity index (χ4n) is 3.36. The molecule has 0 radical (unpaired) electrons. The lowest BCUT2D eigenvalue weighted by Crippen LogP contribution is -2.48. The van der Waals surface area contributed by atoms with Crippen LogP contribution in [0.15, 0.2) is 12.4 Å². The van der Waals surface area contributed by atoms with Gasteiger partial charge in [0.05, 0.1) is 24.1 Å². The van der Waals surface area contributed by atoms with Gasteiger partial charge in [0, 0.05) is 49.1 Å². The lowest BCUT2D eigenvalue weighted by atomic mass is 10.0. The van der Waals surface area contributed by atoms with E-state index in [9.17, 15) is 9.18 Å². The number of rotatable bonds is 4. The van der Waals surface area contributed by atoms with E-state index in [0.717, 1.165) is 0 Å². The molecule has 2 aromatic heterocycles. The molecule has 2 unspecified atom stereocenters. The molecule has 1 amide bonds. The van der Waals surface area contributed by atoms with E-state index in [-0.39, 0.29) is 35.9 Å². The number of aryl methyl sites for hydroxylation is 1. The molecule has 8 nitrogen and oxygen atoms in total. The van der Waals surface area contributed by atoms with E-state index in [1.165, 1.54) is 0 Å². The summed E-state index contributed by atoms with van der Waals surface area (Å²) < 4.78 is 22.1. The SMILES string of the molecule is CCn1cc(-c2nc(NC3CCOCC3N)c(F)c3c2C(=O)NC3)cn1. The van der Waals surface area contributed by atoms with E-state index in [1.807, 2.05) is 6.92 Å². The van der Waals surface area contributed by atoms with E-state index in [1.54, 1.807) is 17.1 Å². The zero-order valence-electron chi connectivity index (χ0n) is 14.5. The summed E-state index contributed by atoms with van der Waals surface area (Å²) >= 11 is 0. The molecule has 0 saturated carbocycles. The van der Waals surface area contributed by atoms with Crippen molar-refractivity contribution in [2.45, 2.75) is 38.5 Å². The van der Waals surface area contributed by atoms with Crippen LogP contribution >= 0.6 is 0 Å². The first-order valence-electron chi connectivity index (χ1n) is 8.71. The number of hydrogen-bond donors (Lipinski definition) is 3. The average molecular weight is 360 g/mol. The Bertz CT molecular complexity index is 852. The van der Waals surface area contributed by atoms with E-state index in [4.69, 9.17) is 10.5 Å². The molecule has 0 bridgehead atoms. The molecular formula is C17H21FN6O2. The highest BCUT2D eigenvalue weighted by Crippen LogP contribution is 2.33. The summed E-state index contributed by atoms with van der Waals surface area (Å²) in [5.74, 6) is -0.717. The standard InChI is InChI=1S/C17H21FN6O2/c1-2-24-7-9(5-21-24)15-13-10(6-20-17(13)25)14(18)16(23-15)22-12-3-4-26-8-11(12)19/h5,7,11-12H,2-4,6,8,19H2,1H3,(H,20,25)(H,22,23). The monoisotopic (exact) mass is 360 g/mol. The average Bonchev–Trinajstić information content (AvgIpc) is 3.27. The minimum absolute atomic E-state index is 0.113. The quantitative estimate of drug-likeness (QED) is 0.747. The Morgan fingerprint density at radius 2 is 2.38 bits per heavy atom. The van der Waals surface area contributed by atoms with Crippen LogP contribution in [0.25, 0.3) is 11.3 Å². The zero-order valence-corrected chi connectivity index (χ0v) is 14.5. The van der Waals surface area contributed by atoms with Gasteiger partial charge in [-0.15, -0.1) is 0 Å². The molecule has 4 rings (SSSR count). The van der Waals surface area contributed by atoms with Gasteiger partial charge in [0.15, 0.2) is 11.6 Å². The topological polar surface area (TPSA) is 107 Å². The highest BCUT2D eigenvalue weighted by molar-refractivity contribution is 6.04. The number of carbonyl (C=O) groups is 1. The van der Waals surface area contributed by atoms with Gasteiger partial charge in [-0.3, -0.25) is 9.48 Å². The summed E-state index contributed by atoms with van der Waals surface area (Å²) in [6.45, 7) is 3.78. The molecule has 26 heavy (non-hydrogen) atoms. The van der Waals surface area contributed by atoms with Crippen LogP contribution in [0.3, 0.4) is 0 Å². The smallest absolute Gasteiger partial charge is 0.254 e. The molecule has 0 spiro atoms. The molecule has 9 heteroatoms. The highest BCUT2D eigenvalue weighted by Gasteiger charge is 2.32. The number of halogens is 1. The van der Waals surface area contributed by atoms with Crippen molar-refractivity contribution < 1.29 is 13.9 Å². The van der Waals surface area contributed by atoms with Crippen molar-refractivity contribution in [3.8, 4) is 11.3 Å². The molecule has 138 valence electrons. The lowest BCUT2D eigenvalue weighted by molar-refractivity contribution is 0.0751. The number of nitrogens with zero attached hydrogens (tertiary/aromatic N) is 3. The number of fused-ring (bicyclic) bond motifs is 1. The Morgan fingerprint density at radius 3 is 3.12 bits per heavy atom. The third-order valence-electron chi connectivity index (χ3n) is 4.84. The molecule has 2 aliphatic rings. The largest absolute Gasteiger partial charge is 0.380 e. The van der Waals surface area contributed by atoms with E-state index in [0.29, 0.717) is 43.0 Å². The fourth-order valence-corrected chi connectivity index (χ4v) is 3.36. The van der Waals surface area contributed by atoms with Crippen molar-refractivity contribution in [3.63, 3.8) is 0 Å². The number of ether oxygens (including phenoxy) is 1. The third kappa shape index (κ3) is 2.82. The van der Waals surface area contributed by atoms with Crippen LogP contribution in [0.4, 0.5) is 10.2 Å². The first kappa shape index (κ1) is 16.9. The molecule has 0 aliphatic carbocycles. The Balaban J connectivity index is 1.78. The zero-order chi connectivity index (χ0) is 18.3. The Labute approximate surface area is 149 Å². The minimum Gasteiger partial charge on any atom is -0.380 e. The number of carbonyl (C=O) groups excluding carboxylic acids is 1. The molecule has 2 aromatic rings. The number of anilines is 1. The number of nitrogens with two attached hydrogens (primary N) is 1. The van der Waals surface area contributed by atoms with Gasteiger partial charge < -0.3 is 21.1 Å². The number of pyridine rings is 1. The molecule has 0 aromatic carbocycles. The number of nitrogens with one attached hydrogen (secondary N) is 2. The summed E-state index contributed by atoms with van der Waals surface area (Å²) in [6.07, 6.45) is 4.11. The molecule has 4 heterocycles. The van der Waals surface area contributed by atoms with Crippen LogP contribution in [0, 0.1) is 5.82 Å². The van der Waals surface area contributed by atoms with Crippen molar-refractivity contribution in [2.75, 3.05) is 18.5 Å². The first-order valence-corrected chi connectivity index (χ1v) is 8.71. The predicted molar refractivity (Wildman–Crippen MR) is 93.1 cm³/mol. The van der Waals surface area contributed by atoms with Crippen LogP contribution < -0.4 is 16.4 Å². The van der Waals surface area contributed by atoms with Crippen LogP contribution in [-0.2, 0) is 17.8 Å². The van der Waals surface area contributed by atoms with Gasteiger partial charge in [-0.05, 0) is 13.3 Å². The van der Waals surface area contributed by atoms with Crippen molar-refractivity contribution in [1.82, 2.24) is 20.1 Å². The first-order chi connectivity index (χ1) is 12.6. The van der Waals surface area contributed by atoms with Crippen molar-refractivity contribution in [2.24, 2.45) is 5.73 Å². The fraction of sp³-hybridized carbons (Fsp3) is 0.471. The lowest BCUT2D eigenvalue weighted by Gasteiger charge is -2.30. The van der Waals surface area contributed by atoms with Crippen LogP contribution in [0.1, 0.15) is 29.3 Å². The van der Waals surface area contributed by atoms with Gasteiger partial charge in [-0.1, -0.05) is 0 Å². The summed E-state index contributed by atoms with van der Waals surface area (Å²) in [5.41, 5.74) is 7.78. The van der Waals surface area contributed by atoms with Gasteiger partial charge in [-0.2, -0.15) is 5.10 Å². The molecule has 4 N–H and O–H groups in total. The molecule has 1 fully saturated rings. The van der Waals surface area contributed by atoms with E-state index >= 15 is 0 Å². The molecule has 2 aliphatic heterocycles. The second-order valence-electron chi connectivity index (χ2n) is 6.52. The maximum atomic E-state index is 15.0. The van der Waals surface area contributed by atoms with Gasteiger partial charge in [-0.25, -0.2) is 9.37 Å². The second-order valence-corrected chi connectivity index (χ2v) is 6.52. The van der Waals surface area contributed by atoms with Gasteiger partial charge in [0.1, 0.15) is 0 Å². The predicted octanol–water partition coefficient (Wildman–Crippen LogP) is 0.876. The summed E-state index contributed by atoms with van der Waals surface area (Å²) in [5, 5.41) is 10.0. The van der Waals surface area contributed by atoms with Gasteiger partial charge in [0.25, 0.3) is 5.91 Å². The van der Waals surface area contributed by atoms with Crippen molar-refractivity contribution in [3.05, 3.63) is 29.3 Å². The van der Waals surface area contributed by atoms with Crippen LogP contribution in [0.2, 0.25) is 0 Å². The minimum atomic E-state index is -0.510. The van der Waals surface area contributed by atoms with Crippen LogP contribution in [-0.4, -0.2) is 46.0 Å². The van der Waals surface area contributed by atoms with Crippen molar-refractivity contribution >= 4 is 11.7 Å². The summed E-state index contributed by atoms with van der Waals surface area (Å²) in [4.78, 5) is 16.7. The Kier molecular flexibility index (Phi) is 4.33. The van der Waals surface area contributed by atoms with E-state index in [2.05, 4.69) is 20.7 Å². The van der Waals surface area contributed by atoms with Gasteiger partial charge in [0.2, 0.25) is 0 Å². The molecular weight excluding hydrogens is 339 g/mol. The van der Waals surface area contributed by atoms with E-state index < -0.39 is 5.82 Å². The van der Waals surface area contributed by atoms with Crippen molar-refractivity contribution in [1.29, 1.82) is 0 Å². The number of amides is 1. The normalized spacial score (nSPS) is 22.2. The van der Waals surface area contributed by atoms with Crippen LogP contribution in [0.5, 0.6) is 0 Å². The summed E-state index contributed by atoms with van der Waals surface area (Å²) in [6, 6.07) is -0.385. The third-order valence-corrected chi connectivity index (χ3v) is 4.84. The maximum Gasteiger partial charge on any atom is 0.254 e. The summed E-state index contributed by atoms with van der Waals surface area (Å²) in [7, 11) is 0. The number of aromatic nitrogens is 3. The number of hydrogen-bond acceptors (Lipinski definition) is 6. The molecule has 2 atom stereocenters. The highest BCUT2D eigenvalue weighted by atomic mass is 19.1. The Hall–Kier alpha value is -2.52.